The summed E-state index contributed by atoms with van der Waals surface area (Å²) in [6, 6.07) is 6.91. The van der Waals surface area contributed by atoms with Gasteiger partial charge in [-0.2, -0.15) is 0 Å². The zero-order valence-corrected chi connectivity index (χ0v) is 28.4. The largest absolute Gasteiger partial charge is 0.490 e. The van der Waals surface area contributed by atoms with E-state index in [1.54, 1.807) is 72.0 Å². The third-order valence-corrected chi connectivity index (χ3v) is 11.1. The third-order valence-electron chi connectivity index (χ3n) is 6.63. The van der Waals surface area contributed by atoms with Crippen molar-refractivity contribution in [1.82, 2.24) is 14.9 Å². The molecule has 0 aliphatic heterocycles. The van der Waals surface area contributed by atoms with Crippen LogP contribution in [-0.4, -0.2) is 65.3 Å². The first kappa shape index (κ1) is 35.7. The highest BCUT2D eigenvalue weighted by molar-refractivity contribution is 6.74. The van der Waals surface area contributed by atoms with E-state index >= 15 is 0 Å². The number of nitro groups is 1. The summed E-state index contributed by atoms with van der Waals surface area (Å²) in [7, 11) is -2.31. The maximum atomic E-state index is 13.0. The molecule has 0 radical (unpaired) electrons. The quantitative estimate of drug-likeness (QED) is 0.0926. The Labute approximate surface area is 255 Å². The zero-order valence-electron chi connectivity index (χ0n) is 27.4. The summed E-state index contributed by atoms with van der Waals surface area (Å²) in [6.45, 7) is 21.7. The monoisotopic (exact) mass is 620 g/mol. The van der Waals surface area contributed by atoms with Gasteiger partial charge < -0.3 is 34.1 Å². The first-order chi connectivity index (χ1) is 19.6. The fourth-order valence-corrected chi connectivity index (χ4v) is 4.78. The molecule has 0 saturated carbocycles. The molecule has 240 valence electrons. The van der Waals surface area contributed by atoms with Crippen LogP contribution in [0.25, 0.3) is 11.3 Å². The first-order valence-electron chi connectivity index (χ1n) is 14.4. The number of hydrogen-bond donors (Lipinski definition) is 1. The van der Waals surface area contributed by atoms with E-state index in [0.717, 1.165) is 0 Å². The highest BCUT2D eigenvalue weighted by Crippen LogP contribution is 2.37. The van der Waals surface area contributed by atoms with Crippen molar-refractivity contribution in [2.45, 2.75) is 111 Å². The second-order valence-corrected chi connectivity index (χ2v) is 18.7. The van der Waals surface area contributed by atoms with E-state index in [2.05, 4.69) is 44.2 Å². The maximum Gasteiger partial charge on any atom is 0.435 e. The second-order valence-electron chi connectivity index (χ2n) is 13.9. The van der Waals surface area contributed by atoms with E-state index in [4.69, 9.17) is 18.6 Å². The molecule has 1 aromatic carbocycles. The third kappa shape index (κ3) is 11.6. The number of benzene rings is 1. The molecule has 1 aromatic heterocycles. The van der Waals surface area contributed by atoms with Crippen LogP contribution < -0.4 is 10.1 Å². The number of carbonyl (C=O) groups excluding carboxylic acids is 2. The molecule has 0 aliphatic carbocycles. The van der Waals surface area contributed by atoms with Crippen molar-refractivity contribution in [3.8, 4) is 17.0 Å². The van der Waals surface area contributed by atoms with Crippen molar-refractivity contribution in [2.75, 3.05) is 13.2 Å². The van der Waals surface area contributed by atoms with Crippen LogP contribution in [0.1, 0.15) is 68.7 Å². The average molecular weight is 621 g/mol. The van der Waals surface area contributed by atoms with E-state index in [1.165, 1.54) is 4.57 Å². The summed E-state index contributed by atoms with van der Waals surface area (Å²) in [6.07, 6.45) is 0.605. The van der Waals surface area contributed by atoms with Gasteiger partial charge in [-0.15, -0.1) is 0 Å². The van der Waals surface area contributed by atoms with Gasteiger partial charge >= 0.3 is 18.0 Å². The predicted molar refractivity (Wildman–Crippen MR) is 167 cm³/mol. The molecule has 13 heteroatoms. The van der Waals surface area contributed by atoms with Gasteiger partial charge in [-0.3, -0.25) is 0 Å². The lowest BCUT2D eigenvalue weighted by atomic mass is 10.1. The van der Waals surface area contributed by atoms with Crippen molar-refractivity contribution >= 4 is 26.3 Å². The molecule has 0 aliphatic rings. The van der Waals surface area contributed by atoms with Gasteiger partial charge in [0.15, 0.2) is 20.1 Å². The van der Waals surface area contributed by atoms with Crippen LogP contribution in [0.3, 0.4) is 0 Å². The molecule has 2 rings (SSSR count). The lowest BCUT2D eigenvalue weighted by Crippen LogP contribution is -2.49. The van der Waals surface area contributed by atoms with Crippen LogP contribution in [-0.2, 0) is 25.2 Å². The highest BCUT2D eigenvalue weighted by Gasteiger charge is 2.42. The van der Waals surface area contributed by atoms with E-state index in [-0.39, 0.29) is 30.7 Å². The maximum absolute atomic E-state index is 13.0. The van der Waals surface area contributed by atoms with Gasteiger partial charge in [0.1, 0.15) is 29.8 Å². The number of amides is 1. The average Bonchev–Trinajstić information content (AvgIpc) is 3.26. The summed E-state index contributed by atoms with van der Waals surface area (Å²) < 4.78 is 24.6. The number of nitrogens with zero attached hydrogens (tertiary/aromatic N) is 3. The van der Waals surface area contributed by atoms with Crippen molar-refractivity contribution in [3.05, 3.63) is 40.6 Å². The normalized spacial score (nSPS) is 13.3. The highest BCUT2D eigenvalue weighted by atomic mass is 28.4. The Morgan fingerprint density at radius 1 is 1.00 bits per heavy atom. The van der Waals surface area contributed by atoms with Gasteiger partial charge in [-0.25, -0.2) is 14.2 Å². The number of alkyl carbamates (subject to hydrolysis) is 1. The summed E-state index contributed by atoms with van der Waals surface area (Å²) in [5.41, 5.74) is -0.205. The van der Waals surface area contributed by atoms with E-state index < -0.39 is 42.6 Å². The number of aromatic nitrogens is 2. The molecular formula is C30H48N4O8Si. The summed E-state index contributed by atoms with van der Waals surface area (Å²) in [4.78, 5) is 40.1. The topological polar surface area (TPSA) is 144 Å². The first-order valence-corrected chi connectivity index (χ1v) is 17.3. The molecule has 12 nitrogen and oxygen atoms in total. The molecule has 0 bridgehead atoms. The zero-order chi connectivity index (χ0) is 32.8. The van der Waals surface area contributed by atoms with Gasteiger partial charge in [-0.05, 0) is 95.3 Å². The van der Waals surface area contributed by atoms with Crippen LogP contribution in [0.2, 0.25) is 18.1 Å². The summed E-state index contributed by atoms with van der Waals surface area (Å²) in [5, 5.41) is 14.2. The summed E-state index contributed by atoms with van der Waals surface area (Å²) in [5.74, 6) is -0.276. The Morgan fingerprint density at radius 2 is 1.58 bits per heavy atom. The van der Waals surface area contributed by atoms with Gasteiger partial charge in [0.2, 0.25) is 0 Å². The van der Waals surface area contributed by atoms with Gasteiger partial charge in [0, 0.05) is 12.1 Å². The van der Waals surface area contributed by atoms with Gasteiger partial charge in [0.05, 0.1) is 6.54 Å². The van der Waals surface area contributed by atoms with Gasteiger partial charge in [0.25, 0.3) is 0 Å². The van der Waals surface area contributed by atoms with Crippen LogP contribution in [0.4, 0.5) is 10.7 Å². The van der Waals surface area contributed by atoms with Crippen molar-refractivity contribution in [3.63, 3.8) is 0 Å². The number of esters is 1. The lowest BCUT2D eigenvalue weighted by molar-refractivity contribution is -0.396. The second kappa shape index (κ2) is 13.9. The molecule has 0 unspecified atom stereocenters. The molecule has 1 heterocycles. The molecule has 1 N–H and O–H groups in total. The number of hydrogen-bond acceptors (Lipinski definition) is 9. The fraction of sp³-hybridized carbons (Fsp3) is 0.633. The van der Waals surface area contributed by atoms with Crippen molar-refractivity contribution < 1.29 is 33.1 Å². The molecule has 43 heavy (non-hydrogen) atoms. The molecule has 0 fully saturated rings. The number of carbonyl (C=O) groups is 2. The van der Waals surface area contributed by atoms with Crippen LogP contribution in [0, 0.1) is 10.1 Å². The molecule has 2 aromatic rings. The Kier molecular flexibility index (Phi) is 11.5. The molecule has 0 saturated heterocycles. The minimum absolute atomic E-state index is 0.0296. The number of ether oxygens (including phenoxy) is 3. The van der Waals surface area contributed by atoms with E-state index in [9.17, 15) is 19.7 Å². The van der Waals surface area contributed by atoms with E-state index in [1.807, 2.05) is 0 Å². The smallest absolute Gasteiger partial charge is 0.435 e. The van der Waals surface area contributed by atoms with Crippen LogP contribution in [0.15, 0.2) is 30.5 Å². The predicted octanol–water partition coefficient (Wildman–Crippen LogP) is 6.48. The Morgan fingerprint density at radius 3 is 2.09 bits per heavy atom. The fourth-order valence-electron chi connectivity index (χ4n) is 3.55. The Balaban J connectivity index is 2.11. The van der Waals surface area contributed by atoms with Crippen LogP contribution in [0.5, 0.6) is 5.75 Å². The molecule has 1 atom stereocenters. The Bertz CT molecular complexity index is 1250. The molecular weight excluding hydrogens is 572 g/mol. The number of rotatable bonds is 12. The van der Waals surface area contributed by atoms with Gasteiger partial charge in [-0.1, -0.05) is 25.8 Å². The minimum atomic E-state index is -2.31. The summed E-state index contributed by atoms with van der Waals surface area (Å²) >= 11 is 0. The number of nitrogens with one attached hydrogen (secondary N) is 1. The Hall–Kier alpha value is -3.45. The van der Waals surface area contributed by atoms with E-state index in [0.29, 0.717) is 23.4 Å². The van der Waals surface area contributed by atoms with Crippen molar-refractivity contribution in [1.29, 1.82) is 0 Å². The minimum Gasteiger partial charge on any atom is -0.490 e. The van der Waals surface area contributed by atoms with Crippen LogP contribution >= 0.6 is 0 Å². The SMILES string of the molecule is CC(C)(C)OC(=O)NCCCn1cc(-c2ccc(OC[C@@H](O[Si](C)(C)C(C)(C)C)C(=O)OC(C)(C)C)cc2)nc1[N+](=O)[O-]. The van der Waals surface area contributed by atoms with Crippen molar-refractivity contribution in [2.24, 2.45) is 0 Å². The standard InChI is InChI=1S/C30H48N4O8Si/c1-28(2,3)40-25(35)24(42-43(10,11)30(7,8)9)20-39-22-15-13-21(14-16-22)23-19-33(26(32-23)34(37)38)18-12-17-31-27(36)41-29(4,5)6/h13-16,19,24H,12,17-18,20H2,1-11H3,(H,31,36)/t24-/m1/s1. The molecule has 1 amide bonds. The number of aryl methyl sites for hydroxylation is 1. The number of imidazole rings is 1. The lowest BCUT2D eigenvalue weighted by Gasteiger charge is -2.39. The molecule has 0 spiro atoms.